The van der Waals surface area contributed by atoms with Crippen LogP contribution in [0, 0.1) is 0 Å². The molecule has 1 aliphatic heterocycles. The van der Waals surface area contributed by atoms with Gasteiger partial charge in [0.15, 0.2) is 0 Å². The maximum absolute atomic E-state index is 12.8. The molecule has 0 aromatic heterocycles. The molecule has 0 aliphatic carbocycles. The smallest absolute Gasteiger partial charge is 0.227 e. The molecule has 1 amide bonds. The highest BCUT2D eigenvalue weighted by molar-refractivity contribution is 5.94. The van der Waals surface area contributed by atoms with Gasteiger partial charge in [-0.25, -0.2) is 0 Å². The zero-order valence-corrected chi connectivity index (χ0v) is 14.2. The molecule has 0 bridgehead atoms. The van der Waals surface area contributed by atoms with Crippen LogP contribution in [-0.2, 0) is 16.0 Å². The summed E-state index contributed by atoms with van der Waals surface area (Å²) < 4.78 is 10.9. The van der Waals surface area contributed by atoms with E-state index in [-0.39, 0.29) is 12.0 Å². The molecule has 3 rings (SSSR count). The second-order valence-corrected chi connectivity index (χ2v) is 5.93. The van der Waals surface area contributed by atoms with Gasteiger partial charge >= 0.3 is 0 Å². The molecule has 126 valence electrons. The van der Waals surface area contributed by atoms with Crippen LogP contribution in [0.1, 0.15) is 30.1 Å². The summed E-state index contributed by atoms with van der Waals surface area (Å²) in [5.74, 6) is 0.978. The van der Waals surface area contributed by atoms with Crippen LogP contribution in [0.25, 0.3) is 0 Å². The van der Waals surface area contributed by atoms with Crippen LogP contribution in [0.4, 0.5) is 5.69 Å². The van der Waals surface area contributed by atoms with Crippen LogP contribution in [0.2, 0.25) is 0 Å². The zero-order chi connectivity index (χ0) is 16.9. The maximum atomic E-state index is 12.8. The summed E-state index contributed by atoms with van der Waals surface area (Å²) in [7, 11) is 3.38. The summed E-state index contributed by atoms with van der Waals surface area (Å²) in [4.78, 5) is 14.7. The fourth-order valence-corrected chi connectivity index (χ4v) is 3.32. The molecule has 1 atom stereocenters. The fraction of sp³-hybridized carbons (Fsp3) is 0.350. The summed E-state index contributed by atoms with van der Waals surface area (Å²) in [5.41, 5.74) is 3.13. The van der Waals surface area contributed by atoms with Gasteiger partial charge in [-0.15, -0.1) is 0 Å². The lowest BCUT2D eigenvalue weighted by Crippen LogP contribution is -2.37. The minimum Gasteiger partial charge on any atom is -0.496 e. The number of rotatable bonds is 5. The molecule has 2 aromatic carbocycles. The maximum Gasteiger partial charge on any atom is 0.227 e. The summed E-state index contributed by atoms with van der Waals surface area (Å²) in [6, 6.07) is 15.9. The molecule has 0 radical (unpaired) electrons. The number of fused-ring (bicyclic) bond motifs is 1. The van der Waals surface area contributed by atoms with Crippen molar-refractivity contribution in [3.63, 3.8) is 0 Å². The van der Waals surface area contributed by atoms with Crippen molar-refractivity contribution in [3.8, 4) is 5.75 Å². The second kappa shape index (κ2) is 7.49. The molecule has 0 saturated heterocycles. The van der Waals surface area contributed by atoms with Gasteiger partial charge in [0.2, 0.25) is 5.91 Å². The molecule has 4 nitrogen and oxygen atoms in total. The Morgan fingerprint density at radius 1 is 1.12 bits per heavy atom. The standard InChI is InChI=1S/C20H23NO3/c1-23-18-10-6-3-7-15(18)11-12-20(22)21-14-13-19(24-2)16-8-4-5-9-17(16)21/h3-10,19H,11-14H2,1-2H3. The summed E-state index contributed by atoms with van der Waals surface area (Å²) in [6.45, 7) is 0.695. The van der Waals surface area contributed by atoms with Gasteiger partial charge in [-0.3, -0.25) is 4.79 Å². The first-order valence-corrected chi connectivity index (χ1v) is 8.28. The number of benzene rings is 2. The van der Waals surface area contributed by atoms with Crippen LogP contribution >= 0.6 is 0 Å². The Labute approximate surface area is 143 Å². The van der Waals surface area contributed by atoms with Gasteiger partial charge < -0.3 is 14.4 Å². The minimum absolute atomic E-state index is 0.0690. The van der Waals surface area contributed by atoms with E-state index in [0.717, 1.165) is 29.0 Å². The molecule has 1 unspecified atom stereocenters. The van der Waals surface area contributed by atoms with Crippen molar-refractivity contribution < 1.29 is 14.3 Å². The van der Waals surface area contributed by atoms with Crippen molar-refractivity contribution in [2.45, 2.75) is 25.4 Å². The normalized spacial score (nSPS) is 16.6. The molecule has 1 aliphatic rings. The number of aryl methyl sites for hydroxylation is 1. The molecule has 0 fully saturated rings. The van der Waals surface area contributed by atoms with Crippen molar-refractivity contribution >= 4 is 11.6 Å². The van der Waals surface area contributed by atoms with Crippen LogP contribution in [0.5, 0.6) is 5.75 Å². The first-order chi connectivity index (χ1) is 11.7. The minimum atomic E-state index is 0.0690. The molecule has 2 aromatic rings. The van der Waals surface area contributed by atoms with E-state index in [1.807, 2.05) is 53.4 Å². The van der Waals surface area contributed by atoms with Crippen LogP contribution in [0.3, 0.4) is 0 Å². The van der Waals surface area contributed by atoms with Crippen LogP contribution in [0.15, 0.2) is 48.5 Å². The predicted molar refractivity (Wildman–Crippen MR) is 94.5 cm³/mol. The SMILES string of the molecule is COc1ccccc1CCC(=O)N1CCC(OC)c2ccccc21. The quantitative estimate of drug-likeness (QED) is 0.840. The first-order valence-electron chi connectivity index (χ1n) is 8.28. The van der Waals surface area contributed by atoms with Gasteiger partial charge in [0.1, 0.15) is 5.75 Å². The summed E-state index contributed by atoms with van der Waals surface area (Å²) >= 11 is 0. The molecule has 0 saturated carbocycles. The Balaban J connectivity index is 1.74. The van der Waals surface area contributed by atoms with E-state index in [9.17, 15) is 4.79 Å². The van der Waals surface area contributed by atoms with E-state index in [2.05, 4.69) is 0 Å². The van der Waals surface area contributed by atoms with Gasteiger partial charge in [-0.1, -0.05) is 36.4 Å². The number of anilines is 1. The topological polar surface area (TPSA) is 38.8 Å². The Kier molecular flexibility index (Phi) is 5.16. The molecule has 24 heavy (non-hydrogen) atoms. The Morgan fingerprint density at radius 3 is 2.67 bits per heavy atom. The second-order valence-electron chi connectivity index (χ2n) is 5.93. The van der Waals surface area contributed by atoms with Crippen LogP contribution < -0.4 is 9.64 Å². The van der Waals surface area contributed by atoms with Gasteiger partial charge in [0.25, 0.3) is 0 Å². The number of carbonyl (C=O) groups is 1. The van der Waals surface area contributed by atoms with Gasteiger partial charge in [-0.2, -0.15) is 0 Å². The lowest BCUT2D eigenvalue weighted by Gasteiger charge is -2.33. The highest BCUT2D eigenvalue weighted by atomic mass is 16.5. The van der Waals surface area contributed by atoms with E-state index >= 15 is 0 Å². The van der Waals surface area contributed by atoms with Crippen molar-refractivity contribution in [2.75, 3.05) is 25.7 Å². The number of amides is 1. The number of hydrogen-bond acceptors (Lipinski definition) is 3. The molecular weight excluding hydrogens is 302 g/mol. The van der Waals surface area contributed by atoms with Gasteiger partial charge in [0.05, 0.1) is 13.2 Å². The third-order valence-electron chi connectivity index (χ3n) is 4.58. The lowest BCUT2D eigenvalue weighted by molar-refractivity contribution is -0.118. The largest absolute Gasteiger partial charge is 0.496 e. The molecule has 1 heterocycles. The number of hydrogen-bond donors (Lipinski definition) is 0. The Hall–Kier alpha value is -2.33. The first kappa shape index (κ1) is 16.5. The number of methoxy groups -OCH3 is 2. The average molecular weight is 325 g/mol. The van der Waals surface area contributed by atoms with E-state index in [0.29, 0.717) is 19.4 Å². The zero-order valence-electron chi connectivity index (χ0n) is 14.2. The fourth-order valence-electron chi connectivity index (χ4n) is 3.32. The van der Waals surface area contributed by atoms with Gasteiger partial charge in [0, 0.05) is 31.3 Å². The summed E-state index contributed by atoms with van der Waals surface area (Å²) in [6.07, 6.45) is 2.04. The molecule has 4 heteroatoms. The Bertz CT molecular complexity index is 714. The van der Waals surface area contributed by atoms with E-state index in [1.54, 1.807) is 14.2 Å². The van der Waals surface area contributed by atoms with Crippen LogP contribution in [-0.4, -0.2) is 26.7 Å². The monoisotopic (exact) mass is 325 g/mol. The van der Waals surface area contributed by atoms with Crippen molar-refractivity contribution in [3.05, 3.63) is 59.7 Å². The van der Waals surface area contributed by atoms with Crippen molar-refractivity contribution in [2.24, 2.45) is 0 Å². The molecular formula is C20H23NO3. The number of nitrogens with zero attached hydrogens (tertiary/aromatic N) is 1. The van der Waals surface area contributed by atoms with Gasteiger partial charge in [-0.05, 0) is 30.5 Å². The van der Waals surface area contributed by atoms with E-state index in [4.69, 9.17) is 9.47 Å². The highest BCUT2D eigenvalue weighted by Gasteiger charge is 2.28. The number of ether oxygens (including phenoxy) is 2. The number of para-hydroxylation sites is 2. The van der Waals surface area contributed by atoms with E-state index in [1.165, 1.54) is 0 Å². The third kappa shape index (κ3) is 3.29. The van der Waals surface area contributed by atoms with Crippen molar-refractivity contribution in [1.82, 2.24) is 0 Å². The summed E-state index contributed by atoms with van der Waals surface area (Å²) in [5, 5.41) is 0. The molecule has 0 N–H and O–H groups in total. The highest BCUT2D eigenvalue weighted by Crippen LogP contribution is 2.35. The third-order valence-corrected chi connectivity index (χ3v) is 4.58. The number of carbonyl (C=O) groups excluding carboxylic acids is 1. The van der Waals surface area contributed by atoms with E-state index < -0.39 is 0 Å². The average Bonchev–Trinajstić information content (AvgIpc) is 2.65. The lowest BCUT2D eigenvalue weighted by atomic mass is 9.98. The predicted octanol–water partition coefficient (Wildman–Crippen LogP) is 3.75. The molecule has 0 spiro atoms. The Morgan fingerprint density at radius 2 is 1.88 bits per heavy atom. The van der Waals surface area contributed by atoms with Crippen molar-refractivity contribution in [1.29, 1.82) is 0 Å².